The molecule has 7 heteroatoms. The van der Waals surface area contributed by atoms with Gasteiger partial charge in [-0.05, 0) is 57.4 Å². The van der Waals surface area contributed by atoms with Gasteiger partial charge < -0.3 is 20.6 Å². The molecule has 0 saturated carbocycles. The maximum Gasteiger partial charge on any atom is 0.191 e. The highest BCUT2D eigenvalue weighted by molar-refractivity contribution is 14.0. The first-order chi connectivity index (χ1) is 12.2. The van der Waals surface area contributed by atoms with Crippen molar-refractivity contribution in [3.63, 3.8) is 0 Å². The van der Waals surface area contributed by atoms with Gasteiger partial charge in [0.1, 0.15) is 0 Å². The summed E-state index contributed by atoms with van der Waals surface area (Å²) in [5.74, 6) is 0.766. The van der Waals surface area contributed by atoms with Gasteiger partial charge in [0.25, 0.3) is 0 Å². The van der Waals surface area contributed by atoms with E-state index in [0.29, 0.717) is 12.6 Å². The number of piperidine rings is 1. The Bertz CT molecular complexity index is 514. The third-order valence-electron chi connectivity index (χ3n) is 4.71. The lowest BCUT2D eigenvalue weighted by Gasteiger charge is -2.33. The van der Waals surface area contributed by atoms with Gasteiger partial charge in [-0.3, -0.25) is 9.98 Å². The van der Waals surface area contributed by atoms with Gasteiger partial charge in [-0.2, -0.15) is 0 Å². The minimum absolute atomic E-state index is 0. The van der Waals surface area contributed by atoms with E-state index in [9.17, 15) is 5.11 Å². The summed E-state index contributed by atoms with van der Waals surface area (Å²) in [7, 11) is 0. The molecular formula is C19H34IN5O. The largest absolute Gasteiger partial charge is 0.386 e. The molecule has 0 aromatic carbocycles. The SMILES string of the molecule is CCNC(=NCC(O)c1ccncc1)NCCCN1CCCCC1C.I. The Morgan fingerprint density at radius 1 is 1.35 bits per heavy atom. The second kappa shape index (κ2) is 13.3. The fourth-order valence-electron chi connectivity index (χ4n) is 3.19. The topological polar surface area (TPSA) is 72.8 Å². The predicted molar refractivity (Wildman–Crippen MR) is 118 cm³/mol. The Kier molecular flexibility index (Phi) is 11.8. The monoisotopic (exact) mass is 475 g/mol. The van der Waals surface area contributed by atoms with Crippen LogP contribution in [0.5, 0.6) is 0 Å². The van der Waals surface area contributed by atoms with E-state index in [1.807, 2.05) is 19.1 Å². The summed E-state index contributed by atoms with van der Waals surface area (Å²) in [6.07, 6.45) is 7.89. The lowest BCUT2D eigenvalue weighted by atomic mass is 10.0. The number of halogens is 1. The zero-order valence-corrected chi connectivity index (χ0v) is 18.4. The van der Waals surface area contributed by atoms with Crippen LogP contribution >= 0.6 is 24.0 Å². The zero-order valence-electron chi connectivity index (χ0n) is 16.0. The third-order valence-corrected chi connectivity index (χ3v) is 4.71. The molecule has 2 unspecified atom stereocenters. The number of aliphatic imine (C=N–C) groups is 1. The van der Waals surface area contributed by atoms with Gasteiger partial charge in [0.2, 0.25) is 0 Å². The smallest absolute Gasteiger partial charge is 0.191 e. The van der Waals surface area contributed by atoms with Crippen molar-refractivity contribution in [2.24, 2.45) is 4.99 Å². The van der Waals surface area contributed by atoms with Crippen LogP contribution in [-0.2, 0) is 0 Å². The number of hydrogen-bond donors (Lipinski definition) is 3. The van der Waals surface area contributed by atoms with E-state index in [1.165, 1.54) is 25.8 Å². The van der Waals surface area contributed by atoms with Crippen molar-refractivity contribution in [1.82, 2.24) is 20.5 Å². The summed E-state index contributed by atoms with van der Waals surface area (Å²) >= 11 is 0. The summed E-state index contributed by atoms with van der Waals surface area (Å²) in [6.45, 7) is 8.77. The van der Waals surface area contributed by atoms with Gasteiger partial charge in [0.15, 0.2) is 5.96 Å². The van der Waals surface area contributed by atoms with Gasteiger partial charge in [0, 0.05) is 38.1 Å². The van der Waals surface area contributed by atoms with Crippen molar-refractivity contribution in [3.05, 3.63) is 30.1 Å². The first-order valence-electron chi connectivity index (χ1n) is 9.55. The number of aliphatic hydroxyl groups is 1. The van der Waals surface area contributed by atoms with Crippen LogP contribution in [0, 0.1) is 0 Å². The Labute approximate surface area is 174 Å². The fourth-order valence-corrected chi connectivity index (χ4v) is 3.19. The van der Waals surface area contributed by atoms with Crippen LogP contribution in [0.25, 0.3) is 0 Å². The molecule has 0 aliphatic carbocycles. The molecule has 1 aliphatic heterocycles. The quantitative estimate of drug-likeness (QED) is 0.233. The molecular weight excluding hydrogens is 441 g/mol. The van der Waals surface area contributed by atoms with Crippen LogP contribution in [0.3, 0.4) is 0 Å². The van der Waals surface area contributed by atoms with Gasteiger partial charge >= 0.3 is 0 Å². The first kappa shape index (κ1) is 23.1. The lowest BCUT2D eigenvalue weighted by molar-refractivity contribution is 0.159. The Morgan fingerprint density at radius 2 is 2.12 bits per heavy atom. The third kappa shape index (κ3) is 8.18. The molecule has 1 aliphatic rings. The summed E-state index contributed by atoms with van der Waals surface area (Å²) < 4.78 is 0. The molecule has 2 atom stereocenters. The molecule has 26 heavy (non-hydrogen) atoms. The predicted octanol–water partition coefficient (Wildman–Crippen LogP) is 2.55. The van der Waals surface area contributed by atoms with Gasteiger partial charge in [0.05, 0.1) is 12.6 Å². The average Bonchev–Trinajstić information content (AvgIpc) is 2.65. The Balaban J connectivity index is 0.00000338. The average molecular weight is 475 g/mol. The highest BCUT2D eigenvalue weighted by Gasteiger charge is 2.17. The van der Waals surface area contributed by atoms with Crippen molar-refractivity contribution in [1.29, 1.82) is 0 Å². The van der Waals surface area contributed by atoms with E-state index in [-0.39, 0.29) is 24.0 Å². The summed E-state index contributed by atoms with van der Waals surface area (Å²) in [4.78, 5) is 11.1. The minimum atomic E-state index is -0.604. The number of likely N-dealkylation sites (tertiary alicyclic amines) is 1. The molecule has 0 radical (unpaired) electrons. The molecule has 0 spiro atoms. The molecule has 1 fully saturated rings. The maximum atomic E-state index is 10.2. The van der Waals surface area contributed by atoms with Crippen LogP contribution < -0.4 is 10.6 Å². The van der Waals surface area contributed by atoms with E-state index in [4.69, 9.17) is 0 Å². The molecule has 0 bridgehead atoms. The van der Waals surface area contributed by atoms with Crippen molar-refractivity contribution >= 4 is 29.9 Å². The zero-order chi connectivity index (χ0) is 17.9. The number of aromatic nitrogens is 1. The number of nitrogens with zero attached hydrogens (tertiary/aromatic N) is 3. The molecule has 6 nitrogen and oxygen atoms in total. The first-order valence-corrected chi connectivity index (χ1v) is 9.55. The lowest BCUT2D eigenvalue weighted by Crippen LogP contribution is -2.41. The van der Waals surface area contributed by atoms with Crippen LogP contribution in [-0.4, -0.2) is 59.7 Å². The summed E-state index contributed by atoms with van der Waals surface area (Å²) in [6, 6.07) is 4.35. The maximum absolute atomic E-state index is 10.2. The molecule has 0 amide bonds. The van der Waals surface area contributed by atoms with E-state index in [2.05, 4.69) is 32.4 Å². The molecule has 1 saturated heterocycles. The molecule has 3 N–H and O–H groups in total. The van der Waals surface area contributed by atoms with Gasteiger partial charge in [-0.15, -0.1) is 24.0 Å². The normalized spacial score (nSPS) is 19.5. The number of nitrogens with one attached hydrogen (secondary N) is 2. The molecule has 148 valence electrons. The van der Waals surface area contributed by atoms with E-state index < -0.39 is 6.10 Å². The highest BCUT2D eigenvalue weighted by Crippen LogP contribution is 2.16. The molecule has 1 aromatic rings. The summed E-state index contributed by atoms with van der Waals surface area (Å²) in [5.41, 5.74) is 0.841. The second-order valence-corrected chi connectivity index (χ2v) is 6.68. The van der Waals surface area contributed by atoms with Crippen molar-refractivity contribution in [2.75, 3.05) is 32.7 Å². The highest BCUT2D eigenvalue weighted by atomic mass is 127. The molecule has 1 aromatic heterocycles. The number of guanidine groups is 1. The van der Waals surface area contributed by atoms with E-state index in [1.54, 1.807) is 12.4 Å². The van der Waals surface area contributed by atoms with Crippen molar-refractivity contribution < 1.29 is 5.11 Å². The number of aliphatic hydroxyl groups excluding tert-OH is 1. The Morgan fingerprint density at radius 3 is 2.81 bits per heavy atom. The number of pyridine rings is 1. The van der Waals surface area contributed by atoms with Crippen LogP contribution in [0.2, 0.25) is 0 Å². The van der Waals surface area contributed by atoms with Gasteiger partial charge in [-0.25, -0.2) is 0 Å². The standard InChI is InChI=1S/C19H33N5O.HI/c1-3-21-19(23-15-18(25)17-8-11-20-12-9-17)22-10-6-14-24-13-5-4-7-16(24)2;/h8-9,11-12,16,18,25H,3-7,10,13-15H2,1-2H3,(H2,21,22,23);1H. The summed E-state index contributed by atoms with van der Waals surface area (Å²) in [5, 5.41) is 16.8. The number of rotatable bonds is 8. The second-order valence-electron chi connectivity index (χ2n) is 6.68. The molecule has 2 rings (SSSR count). The Hall–Kier alpha value is -0.930. The van der Waals surface area contributed by atoms with Crippen molar-refractivity contribution in [2.45, 2.75) is 51.7 Å². The van der Waals surface area contributed by atoms with Gasteiger partial charge in [-0.1, -0.05) is 6.42 Å². The van der Waals surface area contributed by atoms with Crippen LogP contribution in [0.4, 0.5) is 0 Å². The minimum Gasteiger partial charge on any atom is -0.386 e. The fraction of sp³-hybridized carbons (Fsp3) is 0.684. The molecule has 2 heterocycles. The van der Waals surface area contributed by atoms with Crippen LogP contribution in [0.15, 0.2) is 29.5 Å². The van der Waals surface area contributed by atoms with E-state index in [0.717, 1.165) is 37.6 Å². The van der Waals surface area contributed by atoms with Crippen molar-refractivity contribution in [3.8, 4) is 0 Å². The van der Waals surface area contributed by atoms with Crippen LogP contribution in [0.1, 0.15) is 51.2 Å². The number of hydrogen-bond acceptors (Lipinski definition) is 4. The van der Waals surface area contributed by atoms with E-state index >= 15 is 0 Å².